The van der Waals surface area contributed by atoms with Gasteiger partial charge in [-0.25, -0.2) is 9.37 Å². The van der Waals surface area contributed by atoms with Gasteiger partial charge in [0.05, 0.1) is 0 Å². The molecule has 2 aromatic rings. The summed E-state index contributed by atoms with van der Waals surface area (Å²) in [5, 5.41) is 2.53. The fourth-order valence-electron chi connectivity index (χ4n) is 1.55. The van der Waals surface area contributed by atoms with Gasteiger partial charge in [0, 0.05) is 17.3 Å². The number of hydrogen-bond donors (Lipinski definition) is 1. The van der Waals surface area contributed by atoms with E-state index >= 15 is 0 Å². The average molecular weight is 257 g/mol. The van der Waals surface area contributed by atoms with Gasteiger partial charge < -0.3 is 5.32 Å². The fourth-order valence-corrected chi connectivity index (χ4v) is 1.55. The lowest BCUT2D eigenvalue weighted by molar-refractivity contribution is 0.102. The van der Waals surface area contributed by atoms with E-state index in [-0.39, 0.29) is 11.4 Å². The predicted molar refractivity (Wildman–Crippen MR) is 68.1 cm³/mol. The van der Waals surface area contributed by atoms with Crippen LogP contribution in [0.25, 0.3) is 0 Å². The molecule has 0 saturated heterocycles. The summed E-state index contributed by atoms with van der Waals surface area (Å²) in [7, 11) is 0. The minimum atomic E-state index is -0.477. The van der Waals surface area contributed by atoms with Crippen LogP contribution in [0.2, 0.25) is 0 Å². The highest BCUT2D eigenvalue weighted by atomic mass is 19.1. The van der Waals surface area contributed by atoms with Gasteiger partial charge in [0.2, 0.25) is 6.29 Å². The zero-order chi connectivity index (χ0) is 13.8. The van der Waals surface area contributed by atoms with E-state index in [9.17, 15) is 14.0 Å². The average Bonchev–Trinajstić information content (AvgIpc) is 2.42. The summed E-state index contributed by atoms with van der Waals surface area (Å²) in [4.78, 5) is 26.2. The van der Waals surface area contributed by atoms with Gasteiger partial charge in [0.25, 0.3) is 5.91 Å². The quantitative estimate of drug-likeness (QED) is 0.917. The lowest BCUT2D eigenvalue weighted by Gasteiger charge is -2.07. The molecule has 0 fully saturated rings. The molecule has 0 saturated carbocycles. The third-order valence-corrected chi connectivity index (χ3v) is 2.57. The first kappa shape index (κ1) is 12.9. The Morgan fingerprint density at radius 3 is 2.74 bits per heavy atom. The number of carbonyl (C=O) groups is 1. The van der Waals surface area contributed by atoms with Gasteiger partial charge in [-0.05, 0) is 36.8 Å². The molecule has 4 nitrogen and oxygen atoms in total. The zero-order valence-electron chi connectivity index (χ0n) is 10.1. The van der Waals surface area contributed by atoms with Crippen LogP contribution in [0.1, 0.15) is 21.5 Å². The van der Waals surface area contributed by atoms with Gasteiger partial charge in [-0.15, -0.1) is 0 Å². The van der Waals surface area contributed by atoms with Crippen molar-refractivity contribution in [1.29, 1.82) is 0 Å². The van der Waals surface area contributed by atoms with Gasteiger partial charge >= 0.3 is 0 Å². The van der Waals surface area contributed by atoms with E-state index in [2.05, 4.69) is 10.3 Å². The Balaban J connectivity index is 2.20. The second-order valence-electron chi connectivity index (χ2n) is 3.95. The summed E-state index contributed by atoms with van der Waals surface area (Å²) in [5.74, 6) is -0.644. The largest absolute Gasteiger partial charge is 0.307 e. The van der Waals surface area contributed by atoms with Gasteiger partial charge in [-0.3, -0.25) is 9.59 Å². The Labute approximate surface area is 109 Å². The van der Waals surface area contributed by atoms with Gasteiger partial charge in [0.1, 0.15) is 11.6 Å². The van der Waals surface area contributed by atoms with E-state index in [0.717, 1.165) is 6.07 Å². The first-order chi connectivity index (χ1) is 9.10. The number of pyridine rings is 1. The number of benzene rings is 1. The molecule has 19 heavy (non-hydrogen) atoms. The number of nitrogens with zero attached hydrogens (tertiary/aromatic N) is 1. The predicted octanol–water partition coefficient (Wildman–Crippen LogP) is 2.24. The number of amides is 1. The van der Waals surface area contributed by atoms with Crippen molar-refractivity contribution in [3.63, 3.8) is 0 Å². The van der Waals surface area contributed by atoms with E-state index in [0.29, 0.717) is 11.1 Å². The van der Waals surface area contributed by atoms with E-state index in [4.69, 9.17) is 0 Å². The summed E-state index contributed by atoms with van der Waals surface area (Å²) >= 11 is 0. The number of hydrogen-bond acceptors (Lipinski definition) is 3. The number of anilines is 1. The summed E-state index contributed by atoms with van der Waals surface area (Å²) in [6.45, 7) is 1.71. The molecule has 1 N–H and O–H groups in total. The summed E-state index contributed by atoms with van der Waals surface area (Å²) in [6.07, 6.45) is 2.97. The van der Waals surface area contributed by atoms with Gasteiger partial charge in [-0.1, -0.05) is 6.07 Å². The normalized spacial score (nSPS) is 10.0. The number of carbonyl (C=O) groups excluding carboxylic acids is 2. The Kier molecular flexibility index (Phi) is 3.66. The molecular formula is C14H10FN2O2. The minimum absolute atomic E-state index is 0.243. The van der Waals surface area contributed by atoms with Crippen molar-refractivity contribution >= 4 is 18.0 Å². The maximum atomic E-state index is 13.1. The molecule has 1 radical (unpaired) electrons. The van der Waals surface area contributed by atoms with Crippen LogP contribution in [0.15, 0.2) is 36.5 Å². The molecule has 1 aromatic heterocycles. The molecule has 1 heterocycles. The smallest absolute Gasteiger partial charge is 0.257 e. The molecule has 0 unspecified atom stereocenters. The Hall–Kier alpha value is -2.56. The molecule has 0 aliphatic rings. The van der Waals surface area contributed by atoms with E-state index in [1.165, 1.54) is 30.5 Å². The van der Waals surface area contributed by atoms with E-state index in [1.54, 1.807) is 13.2 Å². The molecular weight excluding hydrogens is 247 g/mol. The van der Waals surface area contributed by atoms with Crippen molar-refractivity contribution < 1.29 is 14.0 Å². The number of nitrogens with one attached hydrogen (secondary N) is 1. The molecule has 95 valence electrons. The zero-order valence-corrected chi connectivity index (χ0v) is 10.1. The molecule has 2 rings (SSSR count). The minimum Gasteiger partial charge on any atom is -0.307 e. The van der Waals surface area contributed by atoms with Gasteiger partial charge in [-0.2, -0.15) is 0 Å². The summed E-state index contributed by atoms with van der Waals surface area (Å²) in [6, 6.07) is 6.94. The van der Waals surface area contributed by atoms with Crippen molar-refractivity contribution in [3.8, 4) is 0 Å². The molecule has 0 atom stereocenters. The van der Waals surface area contributed by atoms with Crippen molar-refractivity contribution in [2.75, 3.05) is 5.32 Å². The molecule has 5 heteroatoms. The maximum absolute atomic E-state index is 13.1. The van der Waals surface area contributed by atoms with Crippen LogP contribution in [-0.4, -0.2) is 17.2 Å². The Bertz CT molecular complexity index is 624. The van der Waals surface area contributed by atoms with Crippen molar-refractivity contribution in [3.05, 3.63) is 59.0 Å². The highest BCUT2D eigenvalue weighted by molar-refractivity contribution is 6.04. The van der Waals surface area contributed by atoms with Crippen LogP contribution in [0.5, 0.6) is 0 Å². The number of aromatic nitrogens is 1. The lowest BCUT2D eigenvalue weighted by atomic mass is 10.1. The fraction of sp³-hybridized carbons (Fsp3) is 0.0714. The number of rotatable bonds is 3. The van der Waals surface area contributed by atoms with Crippen LogP contribution >= 0.6 is 0 Å². The second-order valence-corrected chi connectivity index (χ2v) is 3.95. The van der Waals surface area contributed by atoms with Crippen molar-refractivity contribution in [2.45, 2.75) is 6.92 Å². The molecule has 1 aromatic carbocycles. The highest BCUT2D eigenvalue weighted by Crippen LogP contribution is 2.12. The topological polar surface area (TPSA) is 59.1 Å². The summed E-state index contributed by atoms with van der Waals surface area (Å²) in [5.41, 5.74) is 1.20. The maximum Gasteiger partial charge on any atom is 0.257 e. The van der Waals surface area contributed by atoms with Gasteiger partial charge in [0.15, 0.2) is 0 Å². The van der Waals surface area contributed by atoms with E-state index < -0.39 is 11.7 Å². The third kappa shape index (κ3) is 3.01. The number of aryl methyl sites for hydroxylation is 1. The van der Waals surface area contributed by atoms with Crippen LogP contribution in [0.4, 0.5) is 10.2 Å². The monoisotopic (exact) mass is 257 g/mol. The third-order valence-electron chi connectivity index (χ3n) is 2.57. The molecule has 1 amide bonds. The highest BCUT2D eigenvalue weighted by Gasteiger charge is 2.11. The SMILES string of the molecule is Cc1ccc(F)cc1C(=O)Nc1ccc([C]=O)cn1. The lowest BCUT2D eigenvalue weighted by Crippen LogP contribution is -2.14. The molecule has 0 aliphatic heterocycles. The van der Waals surface area contributed by atoms with Crippen LogP contribution in [0, 0.1) is 12.7 Å². The Morgan fingerprint density at radius 2 is 2.11 bits per heavy atom. The number of halogens is 1. The molecule has 0 aliphatic carbocycles. The summed E-state index contributed by atoms with van der Waals surface area (Å²) < 4.78 is 13.1. The second kappa shape index (κ2) is 5.39. The van der Waals surface area contributed by atoms with Crippen LogP contribution < -0.4 is 5.32 Å². The molecule has 0 spiro atoms. The van der Waals surface area contributed by atoms with Crippen molar-refractivity contribution in [1.82, 2.24) is 4.98 Å². The van der Waals surface area contributed by atoms with E-state index in [1.807, 2.05) is 0 Å². The van der Waals surface area contributed by atoms with Crippen LogP contribution in [0.3, 0.4) is 0 Å². The first-order valence-electron chi connectivity index (χ1n) is 5.52. The molecule has 0 bridgehead atoms. The Morgan fingerprint density at radius 1 is 1.32 bits per heavy atom. The first-order valence-corrected chi connectivity index (χ1v) is 5.52. The van der Waals surface area contributed by atoms with Crippen LogP contribution in [-0.2, 0) is 4.79 Å². The van der Waals surface area contributed by atoms with Crippen molar-refractivity contribution in [2.24, 2.45) is 0 Å². The standard InChI is InChI=1S/C14H10FN2O2/c1-9-2-4-11(15)6-12(9)14(19)17-13-5-3-10(8-18)7-16-13/h2-7H,1H3,(H,16,17,19).